The van der Waals surface area contributed by atoms with Crippen LogP contribution in [0.3, 0.4) is 0 Å². The molecule has 132 valence electrons. The molecule has 9 heteroatoms. The monoisotopic (exact) mass is 355 g/mol. The fraction of sp³-hybridized carbons (Fsp3) is 0.467. The lowest BCUT2D eigenvalue weighted by atomic mass is 10.1. The highest BCUT2D eigenvalue weighted by atomic mass is 35.5. The number of esters is 1. The van der Waals surface area contributed by atoms with Gasteiger partial charge in [0, 0.05) is 18.2 Å². The summed E-state index contributed by atoms with van der Waals surface area (Å²) in [7, 11) is 0. The van der Waals surface area contributed by atoms with E-state index in [0.717, 1.165) is 0 Å². The lowest BCUT2D eigenvalue weighted by Crippen LogP contribution is -2.39. The zero-order chi connectivity index (χ0) is 18.5. The van der Waals surface area contributed by atoms with Gasteiger partial charge in [-0.2, -0.15) is 0 Å². The second-order valence-electron chi connectivity index (χ2n) is 6.01. The number of nitrogens with two attached hydrogens (primary N) is 1. The second kappa shape index (κ2) is 7.96. The summed E-state index contributed by atoms with van der Waals surface area (Å²) in [6.07, 6.45) is 1.17. The molecule has 1 aromatic rings. The van der Waals surface area contributed by atoms with Crippen LogP contribution in [0.1, 0.15) is 45.1 Å². The number of hydrogen-bond acceptors (Lipinski definition) is 7. The molecule has 1 amide bonds. The molecule has 1 aromatic heterocycles. The van der Waals surface area contributed by atoms with Gasteiger partial charge in [-0.3, -0.25) is 4.79 Å². The van der Waals surface area contributed by atoms with E-state index < -0.39 is 11.5 Å². The van der Waals surface area contributed by atoms with Crippen molar-refractivity contribution in [2.45, 2.75) is 40.2 Å². The zero-order valence-electron chi connectivity index (χ0n) is 14.4. The Bertz CT molecular complexity index is 668. The van der Waals surface area contributed by atoms with Gasteiger partial charge < -0.3 is 21.1 Å². The van der Waals surface area contributed by atoms with E-state index in [4.69, 9.17) is 22.1 Å². The largest absolute Gasteiger partial charge is 0.426 e. The van der Waals surface area contributed by atoms with E-state index in [2.05, 4.69) is 20.6 Å². The van der Waals surface area contributed by atoms with Crippen LogP contribution < -0.4 is 16.4 Å². The molecule has 0 fully saturated rings. The number of rotatable bonds is 5. The Morgan fingerprint density at radius 2 is 1.96 bits per heavy atom. The molecular formula is C15H22ClN5O3. The summed E-state index contributed by atoms with van der Waals surface area (Å²) < 4.78 is 5.06. The highest BCUT2D eigenvalue weighted by Crippen LogP contribution is 2.21. The molecular weight excluding hydrogens is 334 g/mol. The highest BCUT2D eigenvalue weighted by Gasteiger charge is 2.19. The van der Waals surface area contributed by atoms with E-state index in [1.54, 1.807) is 0 Å². The van der Waals surface area contributed by atoms with Crippen LogP contribution >= 0.6 is 11.6 Å². The molecule has 8 nitrogen and oxygen atoms in total. The number of ether oxygens (including phenoxy) is 1. The molecule has 0 aliphatic rings. The number of carbonyl (C=O) groups is 2. The van der Waals surface area contributed by atoms with Gasteiger partial charge in [0.1, 0.15) is 5.76 Å². The summed E-state index contributed by atoms with van der Waals surface area (Å²) >= 11 is 5.94. The van der Waals surface area contributed by atoms with Crippen molar-refractivity contribution < 1.29 is 14.3 Å². The molecule has 1 heterocycles. The Labute approximate surface area is 145 Å². The molecule has 1 rings (SSSR count). The van der Waals surface area contributed by atoms with Gasteiger partial charge in [0.05, 0.1) is 0 Å². The molecule has 0 atom stereocenters. The number of carbonyl (C=O) groups excluding carboxylic acids is 2. The van der Waals surface area contributed by atoms with E-state index in [1.807, 2.05) is 27.7 Å². The third-order valence-corrected chi connectivity index (χ3v) is 2.77. The van der Waals surface area contributed by atoms with Crippen LogP contribution in [0, 0.1) is 0 Å². The number of halogens is 1. The van der Waals surface area contributed by atoms with Gasteiger partial charge in [0.15, 0.2) is 22.5 Å². The predicted molar refractivity (Wildman–Crippen MR) is 92.7 cm³/mol. The summed E-state index contributed by atoms with van der Waals surface area (Å²) in [5.74, 6) is -0.971. The van der Waals surface area contributed by atoms with E-state index in [-0.39, 0.29) is 34.1 Å². The number of allylic oxidation sites excluding steroid dienone is 1. The topological polar surface area (TPSA) is 119 Å². The maximum Gasteiger partial charge on any atom is 0.365 e. The minimum Gasteiger partial charge on any atom is -0.426 e. The quantitative estimate of drug-likeness (QED) is 0.420. The standard InChI is InChI=1S/C15H22ClN5O3/c1-6-18-13-11(16)19-10(12(17)20-13)14(23)24-8(2)7-9(22)21-15(3,4)5/h7H,6H2,1-5H3,(H,21,22)(H3,17,18,20)/b8-7+. The molecule has 0 aliphatic heterocycles. The van der Waals surface area contributed by atoms with E-state index >= 15 is 0 Å². The van der Waals surface area contributed by atoms with E-state index in [0.29, 0.717) is 6.54 Å². The van der Waals surface area contributed by atoms with Gasteiger partial charge >= 0.3 is 5.97 Å². The molecule has 0 aromatic carbocycles. The summed E-state index contributed by atoms with van der Waals surface area (Å²) in [4.78, 5) is 31.7. The van der Waals surface area contributed by atoms with Crippen molar-refractivity contribution in [3.63, 3.8) is 0 Å². The fourth-order valence-corrected chi connectivity index (χ4v) is 1.87. The van der Waals surface area contributed by atoms with Crippen molar-refractivity contribution in [1.82, 2.24) is 15.3 Å². The van der Waals surface area contributed by atoms with Crippen molar-refractivity contribution in [3.8, 4) is 0 Å². The highest BCUT2D eigenvalue weighted by molar-refractivity contribution is 6.31. The molecule has 0 aliphatic carbocycles. The van der Waals surface area contributed by atoms with E-state index in [9.17, 15) is 9.59 Å². The van der Waals surface area contributed by atoms with Crippen LogP contribution in [0.2, 0.25) is 5.15 Å². The number of anilines is 2. The summed E-state index contributed by atoms with van der Waals surface area (Å²) in [6, 6.07) is 0. The Morgan fingerprint density at radius 1 is 1.33 bits per heavy atom. The Morgan fingerprint density at radius 3 is 2.50 bits per heavy atom. The fourth-order valence-electron chi connectivity index (χ4n) is 1.67. The smallest absolute Gasteiger partial charge is 0.365 e. The average molecular weight is 356 g/mol. The SMILES string of the molecule is CCNc1nc(N)c(C(=O)O/C(C)=C/C(=O)NC(C)(C)C)nc1Cl. The molecule has 0 saturated carbocycles. The van der Waals surface area contributed by atoms with Crippen LogP contribution in [0.15, 0.2) is 11.8 Å². The van der Waals surface area contributed by atoms with Crippen molar-refractivity contribution in [3.05, 3.63) is 22.7 Å². The molecule has 4 N–H and O–H groups in total. The first-order chi connectivity index (χ1) is 11.0. The van der Waals surface area contributed by atoms with Crippen LogP contribution in [0.25, 0.3) is 0 Å². The van der Waals surface area contributed by atoms with Crippen molar-refractivity contribution >= 4 is 35.1 Å². The Balaban J connectivity index is 2.88. The minimum atomic E-state index is -0.845. The first-order valence-corrected chi connectivity index (χ1v) is 7.70. The molecule has 0 bridgehead atoms. The number of amides is 1. The molecule has 0 unspecified atom stereocenters. The van der Waals surface area contributed by atoms with Crippen molar-refractivity contribution in [2.75, 3.05) is 17.6 Å². The minimum absolute atomic E-state index is 0.00473. The summed E-state index contributed by atoms with van der Waals surface area (Å²) in [6.45, 7) is 9.41. The first-order valence-electron chi connectivity index (χ1n) is 7.33. The first kappa shape index (κ1) is 19.7. The van der Waals surface area contributed by atoms with Crippen molar-refractivity contribution in [2.24, 2.45) is 0 Å². The maximum atomic E-state index is 12.1. The van der Waals surface area contributed by atoms with Crippen molar-refractivity contribution in [1.29, 1.82) is 0 Å². The van der Waals surface area contributed by atoms with Crippen LogP contribution in [0.5, 0.6) is 0 Å². The molecule has 0 spiro atoms. The van der Waals surface area contributed by atoms with Crippen LogP contribution in [0.4, 0.5) is 11.6 Å². The normalized spacial score (nSPS) is 11.8. The Hall–Kier alpha value is -2.35. The summed E-state index contributed by atoms with van der Waals surface area (Å²) in [5, 5.41) is 5.59. The summed E-state index contributed by atoms with van der Waals surface area (Å²) in [5.41, 5.74) is 5.09. The molecule has 0 saturated heterocycles. The third kappa shape index (κ3) is 6.04. The zero-order valence-corrected chi connectivity index (χ0v) is 15.1. The van der Waals surface area contributed by atoms with Gasteiger partial charge in [0.25, 0.3) is 0 Å². The lowest BCUT2D eigenvalue weighted by molar-refractivity contribution is -0.117. The van der Waals surface area contributed by atoms with Gasteiger partial charge in [0.2, 0.25) is 5.91 Å². The molecule has 24 heavy (non-hydrogen) atoms. The number of aromatic nitrogens is 2. The van der Waals surface area contributed by atoms with Gasteiger partial charge in [-0.05, 0) is 34.6 Å². The third-order valence-electron chi connectivity index (χ3n) is 2.50. The lowest BCUT2D eigenvalue weighted by Gasteiger charge is -2.19. The number of nitrogens with zero attached hydrogens (tertiary/aromatic N) is 2. The number of hydrogen-bond donors (Lipinski definition) is 3. The maximum absolute atomic E-state index is 12.1. The second-order valence-corrected chi connectivity index (χ2v) is 6.37. The van der Waals surface area contributed by atoms with Gasteiger partial charge in [-0.15, -0.1) is 0 Å². The predicted octanol–water partition coefficient (Wildman–Crippen LogP) is 2.12. The van der Waals surface area contributed by atoms with Gasteiger partial charge in [-0.1, -0.05) is 11.6 Å². The average Bonchev–Trinajstić information content (AvgIpc) is 2.40. The van der Waals surface area contributed by atoms with Gasteiger partial charge in [-0.25, -0.2) is 14.8 Å². The van der Waals surface area contributed by atoms with E-state index in [1.165, 1.54) is 13.0 Å². The Kier molecular flexibility index (Phi) is 6.53. The van der Waals surface area contributed by atoms with Crippen LogP contribution in [-0.2, 0) is 9.53 Å². The number of nitrogen functional groups attached to an aromatic ring is 1. The molecule has 0 radical (unpaired) electrons. The van der Waals surface area contributed by atoms with Crippen LogP contribution in [-0.4, -0.2) is 33.9 Å². The number of nitrogens with one attached hydrogen (secondary N) is 2.